The van der Waals surface area contributed by atoms with E-state index in [1.807, 2.05) is 18.2 Å². The van der Waals surface area contributed by atoms with E-state index in [4.69, 9.17) is 8.83 Å². The van der Waals surface area contributed by atoms with Crippen LogP contribution in [-0.4, -0.2) is 11.1 Å². The summed E-state index contributed by atoms with van der Waals surface area (Å²) in [5.74, 6) is 0. The lowest BCUT2D eigenvalue weighted by Gasteiger charge is -2.20. The number of nitrogens with zero attached hydrogens (tertiary/aromatic N) is 1. The Hall–Kier alpha value is -4.70. The van der Waals surface area contributed by atoms with Crippen LogP contribution in [0, 0.1) is 0 Å². The van der Waals surface area contributed by atoms with Crippen molar-refractivity contribution in [2.45, 2.75) is 6.17 Å². The van der Waals surface area contributed by atoms with Crippen LogP contribution in [0.1, 0.15) is 5.56 Å². The SMILES string of the molecule is C1=CC2NC(c3cccc(-c4ccc5oc6cc7c(cc6c5c4)oc4ccccc47)c3)=CN2C=C1. The highest BCUT2D eigenvalue weighted by Crippen LogP contribution is 2.38. The van der Waals surface area contributed by atoms with Crippen molar-refractivity contribution in [3.8, 4) is 11.1 Å². The number of benzene rings is 4. The average Bonchev–Trinajstić information content (AvgIpc) is 3.60. The zero-order valence-corrected chi connectivity index (χ0v) is 18.7. The van der Waals surface area contributed by atoms with Crippen LogP contribution >= 0.6 is 0 Å². The van der Waals surface area contributed by atoms with Crippen molar-refractivity contribution >= 4 is 49.6 Å². The molecule has 166 valence electrons. The van der Waals surface area contributed by atoms with Crippen LogP contribution in [0.25, 0.3) is 60.7 Å². The number of hydrogen-bond acceptors (Lipinski definition) is 4. The van der Waals surface area contributed by atoms with Gasteiger partial charge in [0.05, 0.1) is 5.70 Å². The van der Waals surface area contributed by atoms with Crippen LogP contribution in [0.3, 0.4) is 0 Å². The minimum atomic E-state index is 0.183. The molecule has 8 rings (SSSR count). The standard InChI is InChI=1S/C31H20N2O2/c1-2-9-27-22(8-1)24-16-30-25(17-29(24)34-27)23-15-20(11-12-28(23)35-30)19-6-5-7-21(14-19)26-18-33-13-4-3-10-31(33)32-26/h1-18,31-32H. The van der Waals surface area contributed by atoms with Gasteiger partial charge in [-0.05, 0) is 65.2 Å². The second kappa shape index (κ2) is 6.90. The topological polar surface area (TPSA) is 41.6 Å². The van der Waals surface area contributed by atoms with Crippen molar-refractivity contribution in [3.05, 3.63) is 115 Å². The molecule has 0 amide bonds. The number of allylic oxidation sites excluding steroid dienone is 2. The lowest BCUT2D eigenvalue weighted by Crippen LogP contribution is -2.31. The summed E-state index contributed by atoms with van der Waals surface area (Å²) in [6.45, 7) is 0. The molecule has 0 saturated heterocycles. The number of nitrogens with one attached hydrogen (secondary N) is 1. The molecule has 2 aliphatic heterocycles. The Morgan fingerprint density at radius 3 is 2.23 bits per heavy atom. The van der Waals surface area contributed by atoms with Gasteiger partial charge in [0.1, 0.15) is 28.5 Å². The molecule has 6 aromatic rings. The molecule has 1 unspecified atom stereocenters. The van der Waals surface area contributed by atoms with Gasteiger partial charge in [0.15, 0.2) is 0 Å². The lowest BCUT2D eigenvalue weighted by atomic mass is 10.00. The Balaban J connectivity index is 1.24. The third-order valence-corrected chi connectivity index (χ3v) is 7.04. The quantitative estimate of drug-likeness (QED) is 0.291. The van der Waals surface area contributed by atoms with Gasteiger partial charge in [0.25, 0.3) is 0 Å². The third kappa shape index (κ3) is 2.80. The first-order valence-electron chi connectivity index (χ1n) is 11.8. The summed E-state index contributed by atoms with van der Waals surface area (Å²) >= 11 is 0. The monoisotopic (exact) mass is 452 g/mol. The fourth-order valence-corrected chi connectivity index (χ4v) is 5.30. The van der Waals surface area contributed by atoms with Crippen LogP contribution in [-0.2, 0) is 0 Å². The van der Waals surface area contributed by atoms with E-state index in [0.717, 1.165) is 55.1 Å². The van der Waals surface area contributed by atoms with Crippen LogP contribution in [0.4, 0.5) is 0 Å². The zero-order valence-electron chi connectivity index (χ0n) is 18.7. The van der Waals surface area contributed by atoms with Crippen LogP contribution in [0.2, 0.25) is 0 Å². The number of furan rings is 2. The van der Waals surface area contributed by atoms with Crippen LogP contribution < -0.4 is 5.32 Å². The summed E-state index contributed by atoms with van der Waals surface area (Å²) in [4.78, 5) is 2.18. The predicted molar refractivity (Wildman–Crippen MR) is 141 cm³/mol. The van der Waals surface area contributed by atoms with Crippen LogP contribution in [0.15, 0.2) is 118 Å². The van der Waals surface area contributed by atoms with Crippen molar-refractivity contribution in [1.82, 2.24) is 10.2 Å². The predicted octanol–water partition coefficient (Wildman–Crippen LogP) is 7.77. The van der Waals surface area contributed by atoms with Gasteiger partial charge in [-0.3, -0.25) is 0 Å². The van der Waals surface area contributed by atoms with Crippen molar-refractivity contribution in [2.24, 2.45) is 0 Å². The van der Waals surface area contributed by atoms with Gasteiger partial charge in [0.2, 0.25) is 0 Å². The second-order valence-electron chi connectivity index (χ2n) is 9.14. The minimum Gasteiger partial charge on any atom is -0.456 e. The first-order chi connectivity index (χ1) is 17.3. The average molecular weight is 453 g/mol. The van der Waals surface area contributed by atoms with Crippen molar-refractivity contribution in [3.63, 3.8) is 0 Å². The molecule has 4 heteroatoms. The molecule has 0 radical (unpaired) electrons. The highest BCUT2D eigenvalue weighted by atomic mass is 16.3. The van der Waals surface area contributed by atoms with E-state index in [2.05, 4.69) is 102 Å². The summed E-state index contributed by atoms with van der Waals surface area (Å²) in [5.41, 5.74) is 8.15. The second-order valence-corrected chi connectivity index (χ2v) is 9.14. The van der Waals surface area contributed by atoms with Gasteiger partial charge in [-0.25, -0.2) is 0 Å². The summed E-state index contributed by atoms with van der Waals surface area (Å²) < 4.78 is 12.4. The van der Waals surface area contributed by atoms with Gasteiger partial charge in [-0.15, -0.1) is 0 Å². The minimum absolute atomic E-state index is 0.183. The Morgan fingerprint density at radius 2 is 1.34 bits per heavy atom. The number of para-hydroxylation sites is 1. The third-order valence-electron chi connectivity index (χ3n) is 7.04. The Bertz CT molecular complexity index is 1900. The molecule has 1 atom stereocenters. The normalized spacial score (nSPS) is 17.0. The van der Waals surface area contributed by atoms with E-state index in [9.17, 15) is 0 Å². The molecular weight excluding hydrogens is 432 g/mol. The Labute approximate surface area is 201 Å². The van der Waals surface area contributed by atoms with E-state index in [0.29, 0.717) is 0 Å². The maximum absolute atomic E-state index is 6.25. The van der Waals surface area contributed by atoms with Crippen molar-refractivity contribution in [1.29, 1.82) is 0 Å². The zero-order chi connectivity index (χ0) is 22.9. The van der Waals surface area contributed by atoms with E-state index >= 15 is 0 Å². The molecule has 0 saturated carbocycles. The molecule has 2 aromatic heterocycles. The van der Waals surface area contributed by atoms with Gasteiger partial charge in [-0.1, -0.05) is 48.5 Å². The lowest BCUT2D eigenvalue weighted by molar-refractivity contribution is 0.427. The van der Waals surface area contributed by atoms with Crippen molar-refractivity contribution in [2.75, 3.05) is 0 Å². The number of fused-ring (bicyclic) bond motifs is 7. The van der Waals surface area contributed by atoms with Gasteiger partial charge < -0.3 is 19.1 Å². The fraction of sp³-hybridized carbons (Fsp3) is 0.0323. The molecule has 4 nitrogen and oxygen atoms in total. The smallest absolute Gasteiger partial charge is 0.136 e. The largest absolute Gasteiger partial charge is 0.456 e. The fourth-order valence-electron chi connectivity index (χ4n) is 5.30. The van der Waals surface area contributed by atoms with Crippen LogP contribution in [0.5, 0.6) is 0 Å². The maximum atomic E-state index is 6.25. The molecule has 0 aliphatic carbocycles. The van der Waals surface area contributed by atoms with Gasteiger partial charge in [-0.2, -0.15) is 0 Å². The molecule has 0 fully saturated rings. The van der Waals surface area contributed by atoms with Gasteiger partial charge in [0, 0.05) is 33.9 Å². The molecule has 0 spiro atoms. The summed E-state index contributed by atoms with van der Waals surface area (Å²) in [6, 6.07) is 27.4. The van der Waals surface area contributed by atoms with E-state index in [-0.39, 0.29) is 6.17 Å². The van der Waals surface area contributed by atoms with Crippen molar-refractivity contribution < 1.29 is 8.83 Å². The first-order valence-corrected chi connectivity index (χ1v) is 11.8. The summed E-state index contributed by atoms with van der Waals surface area (Å²) in [6.07, 6.45) is 10.7. The van der Waals surface area contributed by atoms with Gasteiger partial charge >= 0.3 is 0 Å². The van der Waals surface area contributed by atoms with E-state index in [1.54, 1.807) is 0 Å². The molecular formula is C31H20N2O2. The highest BCUT2D eigenvalue weighted by Gasteiger charge is 2.22. The number of rotatable bonds is 2. The summed E-state index contributed by atoms with van der Waals surface area (Å²) in [7, 11) is 0. The molecule has 0 bridgehead atoms. The highest BCUT2D eigenvalue weighted by molar-refractivity contribution is 6.15. The molecule has 4 aromatic carbocycles. The molecule has 35 heavy (non-hydrogen) atoms. The number of hydrogen-bond donors (Lipinski definition) is 1. The Morgan fingerprint density at radius 1 is 0.600 bits per heavy atom. The Kier molecular flexibility index (Phi) is 3.69. The molecule has 2 aliphatic rings. The maximum Gasteiger partial charge on any atom is 0.136 e. The molecule has 4 heterocycles. The van der Waals surface area contributed by atoms with E-state index < -0.39 is 0 Å². The first kappa shape index (κ1) is 18.7. The molecule has 1 N–H and O–H groups in total. The van der Waals surface area contributed by atoms with E-state index in [1.165, 1.54) is 11.1 Å². The summed E-state index contributed by atoms with van der Waals surface area (Å²) in [5, 5.41) is 7.94.